The Morgan fingerprint density at radius 1 is 0.960 bits per heavy atom. The Kier molecular flexibility index (Phi) is 5.23. The number of rotatable bonds is 7. The number of carbonyl (C=O) groups excluding carboxylic acids is 1. The summed E-state index contributed by atoms with van der Waals surface area (Å²) in [5.74, 6) is 1.99. The maximum Gasteiger partial charge on any atom is 0.261 e. The van der Waals surface area contributed by atoms with Crippen LogP contribution in [0.25, 0.3) is 0 Å². The van der Waals surface area contributed by atoms with Gasteiger partial charge in [0, 0.05) is 0 Å². The predicted molar refractivity (Wildman–Crippen MR) is 93.1 cm³/mol. The molecule has 5 heteroatoms. The van der Waals surface area contributed by atoms with Gasteiger partial charge in [-0.3, -0.25) is 4.79 Å². The molecule has 1 amide bonds. The highest BCUT2D eigenvalue weighted by Gasteiger charge is 2.18. The molecule has 0 N–H and O–H groups in total. The van der Waals surface area contributed by atoms with E-state index in [0.717, 1.165) is 11.1 Å². The maximum atomic E-state index is 12.7. The van der Waals surface area contributed by atoms with Gasteiger partial charge in [-0.1, -0.05) is 6.07 Å². The highest BCUT2D eigenvalue weighted by molar-refractivity contribution is 5.77. The molecule has 0 aliphatic heterocycles. The van der Waals surface area contributed by atoms with Crippen LogP contribution in [0.1, 0.15) is 22.6 Å². The monoisotopic (exact) mass is 339 g/mol. The Balaban J connectivity index is 1.67. The lowest BCUT2D eigenvalue weighted by molar-refractivity contribution is -0.135. The van der Waals surface area contributed by atoms with Gasteiger partial charge in [-0.15, -0.1) is 0 Å². The zero-order chi connectivity index (χ0) is 17.6. The first kappa shape index (κ1) is 16.9. The minimum atomic E-state index is -0.132. The molecule has 0 spiro atoms. The minimum absolute atomic E-state index is 0.0374. The molecular formula is C20H21NO4. The number of benzene rings is 1. The lowest BCUT2D eigenvalue weighted by Crippen LogP contribution is -2.33. The highest BCUT2D eigenvalue weighted by atomic mass is 16.5. The summed E-state index contributed by atoms with van der Waals surface area (Å²) in [6.07, 6.45) is 3.19. The third kappa shape index (κ3) is 4.76. The van der Waals surface area contributed by atoms with Gasteiger partial charge in [-0.25, -0.2) is 0 Å². The first-order chi connectivity index (χ1) is 12.1. The highest BCUT2D eigenvalue weighted by Crippen LogP contribution is 2.17. The summed E-state index contributed by atoms with van der Waals surface area (Å²) in [5.41, 5.74) is 2.20. The SMILES string of the molecule is Cc1cc(C)cc(OCC(=O)N(Cc2ccco2)Cc2ccco2)c1. The number of ether oxygens (including phenoxy) is 1. The van der Waals surface area contributed by atoms with Crippen LogP contribution >= 0.6 is 0 Å². The van der Waals surface area contributed by atoms with Crippen LogP contribution in [0.15, 0.2) is 63.8 Å². The average Bonchev–Trinajstić information content (AvgIpc) is 3.25. The number of aryl methyl sites for hydroxylation is 2. The van der Waals surface area contributed by atoms with E-state index >= 15 is 0 Å². The van der Waals surface area contributed by atoms with Gasteiger partial charge in [-0.05, 0) is 61.4 Å². The van der Waals surface area contributed by atoms with Gasteiger partial charge in [0.2, 0.25) is 0 Å². The first-order valence-corrected chi connectivity index (χ1v) is 8.14. The van der Waals surface area contributed by atoms with Gasteiger partial charge in [0.15, 0.2) is 6.61 Å². The predicted octanol–water partition coefficient (Wildman–Crippen LogP) is 4.10. The molecule has 2 heterocycles. The fourth-order valence-electron chi connectivity index (χ4n) is 2.67. The van der Waals surface area contributed by atoms with Crippen LogP contribution in [0.4, 0.5) is 0 Å². The number of amides is 1. The van der Waals surface area contributed by atoms with E-state index in [2.05, 4.69) is 6.07 Å². The van der Waals surface area contributed by atoms with Gasteiger partial charge < -0.3 is 18.5 Å². The van der Waals surface area contributed by atoms with E-state index in [0.29, 0.717) is 30.4 Å². The molecular weight excluding hydrogens is 318 g/mol. The molecule has 1 aromatic carbocycles. The van der Waals surface area contributed by atoms with Gasteiger partial charge >= 0.3 is 0 Å². The summed E-state index contributed by atoms with van der Waals surface area (Å²) < 4.78 is 16.4. The van der Waals surface area contributed by atoms with Crippen molar-refractivity contribution >= 4 is 5.91 Å². The van der Waals surface area contributed by atoms with Crippen molar-refractivity contribution in [2.45, 2.75) is 26.9 Å². The van der Waals surface area contributed by atoms with Gasteiger partial charge in [0.05, 0.1) is 25.6 Å². The number of hydrogen-bond acceptors (Lipinski definition) is 4. The second-order valence-electron chi connectivity index (χ2n) is 6.02. The van der Waals surface area contributed by atoms with E-state index < -0.39 is 0 Å². The smallest absolute Gasteiger partial charge is 0.261 e. The molecule has 0 aliphatic carbocycles. The molecule has 0 radical (unpaired) electrons. The van der Waals surface area contributed by atoms with E-state index in [9.17, 15) is 4.79 Å². The van der Waals surface area contributed by atoms with Crippen LogP contribution in [0.2, 0.25) is 0 Å². The number of nitrogens with zero attached hydrogens (tertiary/aromatic N) is 1. The Bertz CT molecular complexity index is 750. The molecule has 25 heavy (non-hydrogen) atoms. The number of furan rings is 2. The third-order valence-corrected chi connectivity index (χ3v) is 3.76. The normalized spacial score (nSPS) is 10.6. The van der Waals surface area contributed by atoms with Crippen LogP contribution in [0.5, 0.6) is 5.75 Å². The molecule has 0 saturated carbocycles. The van der Waals surface area contributed by atoms with Crippen LogP contribution in [0.3, 0.4) is 0 Å². The number of carbonyl (C=O) groups is 1. The molecule has 0 atom stereocenters. The van der Waals surface area contributed by atoms with E-state index in [4.69, 9.17) is 13.6 Å². The van der Waals surface area contributed by atoms with Crippen molar-refractivity contribution in [2.75, 3.05) is 6.61 Å². The van der Waals surface area contributed by atoms with Gasteiger partial charge in [-0.2, -0.15) is 0 Å². The Morgan fingerprint density at radius 3 is 2.00 bits per heavy atom. The van der Waals surface area contributed by atoms with Crippen LogP contribution in [0, 0.1) is 13.8 Å². The summed E-state index contributed by atoms with van der Waals surface area (Å²) >= 11 is 0. The van der Waals surface area contributed by atoms with Gasteiger partial charge in [0.1, 0.15) is 17.3 Å². The summed E-state index contributed by atoms with van der Waals surface area (Å²) in [5, 5.41) is 0. The molecule has 0 fully saturated rings. The second kappa shape index (κ2) is 7.75. The van der Waals surface area contributed by atoms with Crippen molar-refractivity contribution < 1.29 is 18.4 Å². The van der Waals surface area contributed by atoms with Crippen molar-refractivity contribution in [2.24, 2.45) is 0 Å². The van der Waals surface area contributed by atoms with E-state index in [-0.39, 0.29) is 12.5 Å². The van der Waals surface area contributed by atoms with Crippen LogP contribution < -0.4 is 4.74 Å². The summed E-state index contributed by atoms with van der Waals surface area (Å²) in [6.45, 7) is 4.69. The first-order valence-electron chi connectivity index (χ1n) is 8.14. The van der Waals surface area contributed by atoms with Crippen molar-refractivity contribution in [1.29, 1.82) is 0 Å². The molecule has 0 bridgehead atoms. The third-order valence-electron chi connectivity index (χ3n) is 3.76. The van der Waals surface area contributed by atoms with E-state index in [1.807, 2.05) is 38.1 Å². The topological polar surface area (TPSA) is 55.8 Å². The largest absolute Gasteiger partial charge is 0.484 e. The zero-order valence-corrected chi connectivity index (χ0v) is 14.4. The zero-order valence-electron chi connectivity index (χ0n) is 14.4. The summed E-state index contributed by atoms with van der Waals surface area (Å²) in [7, 11) is 0. The van der Waals surface area contributed by atoms with Crippen LogP contribution in [-0.4, -0.2) is 17.4 Å². The fraction of sp³-hybridized carbons (Fsp3) is 0.250. The van der Waals surface area contributed by atoms with Crippen LogP contribution in [-0.2, 0) is 17.9 Å². The minimum Gasteiger partial charge on any atom is -0.484 e. The van der Waals surface area contributed by atoms with Crippen molar-refractivity contribution in [3.8, 4) is 5.75 Å². The fourth-order valence-corrected chi connectivity index (χ4v) is 2.67. The molecule has 3 aromatic rings. The Morgan fingerprint density at radius 2 is 1.52 bits per heavy atom. The molecule has 0 unspecified atom stereocenters. The molecule has 2 aromatic heterocycles. The van der Waals surface area contributed by atoms with E-state index in [1.54, 1.807) is 29.6 Å². The van der Waals surface area contributed by atoms with Crippen molar-refractivity contribution in [3.63, 3.8) is 0 Å². The molecule has 0 aliphatic rings. The lowest BCUT2D eigenvalue weighted by Gasteiger charge is -2.21. The standard InChI is InChI=1S/C20H21NO4/c1-15-9-16(2)11-19(10-15)25-14-20(22)21(12-17-5-3-7-23-17)13-18-6-4-8-24-18/h3-11H,12-14H2,1-2H3. The van der Waals surface area contributed by atoms with E-state index in [1.165, 1.54) is 0 Å². The molecule has 3 rings (SSSR count). The number of hydrogen-bond donors (Lipinski definition) is 0. The Hall–Kier alpha value is -2.95. The average molecular weight is 339 g/mol. The van der Waals surface area contributed by atoms with Gasteiger partial charge in [0.25, 0.3) is 5.91 Å². The second-order valence-corrected chi connectivity index (χ2v) is 6.02. The maximum absolute atomic E-state index is 12.7. The quantitative estimate of drug-likeness (QED) is 0.650. The molecule has 5 nitrogen and oxygen atoms in total. The Labute approximate surface area is 146 Å². The lowest BCUT2D eigenvalue weighted by atomic mass is 10.1. The summed E-state index contributed by atoms with van der Waals surface area (Å²) in [4.78, 5) is 14.3. The van der Waals surface area contributed by atoms with Crippen molar-refractivity contribution in [3.05, 3.63) is 77.6 Å². The molecule has 130 valence electrons. The summed E-state index contributed by atoms with van der Waals surface area (Å²) in [6, 6.07) is 13.2. The van der Waals surface area contributed by atoms with Crippen molar-refractivity contribution in [1.82, 2.24) is 4.90 Å². The molecule has 0 saturated heterocycles.